The topological polar surface area (TPSA) is 68.5 Å². The molecule has 1 unspecified atom stereocenters. The monoisotopic (exact) mass is 243 g/mol. The Bertz CT molecular complexity index is 334. The van der Waals surface area contributed by atoms with Crippen molar-refractivity contribution in [2.45, 2.75) is 25.4 Å². The Labute approximate surface area is 97.2 Å². The largest absolute Gasteiger partial charge is 0.760 e. The van der Waals surface area contributed by atoms with Crippen molar-refractivity contribution in [3.63, 3.8) is 0 Å². The van der Waals surface area contributed by atoms with Gasteiger partial charge >= 0.3 is 0 Å². The van der Waals surface area contributed by atoms with Gasteiger partial charge in [0.15, 0.2) is 0 Å². The predicted molar refractivity (Wildman–Crippen MR) is 59.1 cm³/mol. The van der Waals surface area contributed by atoms with E-state index in [0.29, 0.717) is 0 Å². The summed E-state index contributed by atoms with van der Waals surface area (Å²) in [7, 11) is 0. The number of nitrogens with one attached hydrogen (secondary N) is 1. The molecule has 0 aromatic carbocycles. The molecule has 0 bridgehead atoms. The molecular weight excluding hydrogens is 228 g/mol. The van der Waals surface area contributed by atoms with Crippen molar-refractivity contribution >= 4 is 11.3 Å². The van der Waals surface area contributed by atoms with Crippen LogP contribution in [0.4, 0.5) is 0 Å². The average molecular weight is 243 g/mol. The molecule has 1 aliphatic heterocycles. The summed E-state index contributed by atoms with van der Waals surface area (Å²) in [6.07, 6.45) is 3.38. The molecule has 5 nitrogen and oxygen atoms in total. The summed E-state index contributed by atoms with van der Waals surface area (Å²) in [6, 6.07) is 3.92. The third kappa shape index (κ3) is 3.41. The zero-order valence-electron chi connectivity index (χ0n) is 8.93. The molecule has 1 saturated heterocycles. The predicted octanol–water partition coefficient (Wildman–Crippen LogP) is 0.628. The van der Waals surface area contributed by atoms with E-state index in [0.717, 1.165) is 38.2 Å². The third-order valence-corrected chi connectivity index (χ3v) is 3.34. The molecule has 0 aliphatic carbocycles. The van der Waals surface area contributed by atoms with Gasteiger partial charge in [-0.2, -0.15) is 0 Å². The normalized spacial score (nSPS) is 21.1. The van der Waals surface area contributed by atoms with Gasteiger partial charge in [0, 0.05) is 30.4 Å². The molecule has 1 aliphatic rings. The number of furan rings is 1. The van der Waals surface area contributed by atoms with Crippen molar-refractivity contribution in [1.29, 1.82) is 0 Å². The fourth-order valence-corrected chi connectivity index (χ4v) is 2.48. The SMILES string of the molecule is O=S([O-])NC1CCN(Cc2ccco2)CC1. The molecule has 1 atom stereocenters. The van der Waals surface area contributed by atoms with Crippen LogP contribution >= 0.6 is 0 Å². The fraction of sp³-hybridized carbons (Fsp3) is 0.600. The number of rotatable bonds is 4. The van der Waals surface area contributed by atoms with Gasteiger partial charge in [0.2, 0.25) is 0 Å². The minimum Gasteiger partial charge on any atom is -0.760 e. The second-order valence-electron chi connectivity index (χ2n) is 3.98. The van der Waals surface area contributed by atoms with Crippen molar-refractivity contribution in [3.8, 4) is 0 Å². The Balaban J connectivity index is 1.75. The molecule has 1 aromatic heterocycles. The smallest absolute Gasteiger partial charge is 0.117 e. The first kappa shape index (κ1) is 11.8. The fourth-order valence-electron chi connectivity index (χ4n) is 1.97. The zero-order valence-corrected chi connectivity index (χ0v) is 9.74. The maximum absolute atomic E-state index is 10.5. The van der Waals surface area contributed by atoms with Gasteiger partial charge in [-0.1, -0.05) is 0 Å². The molecule has 16 heavy (non-hydrogen) atoms. The second kappa shape index (κ2) is 5.58. The minimum atomic E-state index is -2.14. The quantitative estimate of drug-likeness (QED) is 0.787. The number of nitrogens with zero attached hydrogens (tertiary/aromatic N) is 1. The number of hydrogen-bond donors (Lipinski definition) is 1. The maximum atomic E-state index is 10.5. The van der Waals surface area contributed by atoms with Gasteiger partial charge in [0.1, 0.15) is 5.76 Å². The molecule has 0 amide bonds. The highest BCUT2D eigenvalue weighted by atomic mass is 32.2. The first-order valence-corrected chi connectivity index (χ1v) is 6.41. The average Bonchev–Trinajstić information content (AvgIpc) is 2.73. The van der Waals surface area contributed by atoms with Gasteiger partial charge in [0.05, 0.1) is 12.8 Å². The lowest BCUT2D eigenvalue weighted by molar-refractivity contribution is 0.186. The molecule has 90 valence electrons. The molecule has 0 saturated carbocycles. The van der Waals surface area contributed by atoms with E-state index in [1.807, 2.05) is 12.1 Å². The Morgan fingerprint density at radius 3 is 2.88 bits per heavy atom. The second-order valence-corrected chi connectivity index (χ2v) is 4.69. The highest BCUT2D eigenvalue weighted by molar-refractivity contribution is 7.77. The standard InChI is InChI=1S/C10H16N2O3S/c13-16(14)11-9-3-5-12(6-4-9)8-10-2-1-7-15-10/h1-2,7,9,11H,3-6,8H2,(H,13,14)/p-1. The van der Waals surface area contributed by atoms with Gasteiger partial charge in [-0.3, -0.25) is 9.11 Å². The molecule has 1 fully saturated rings. The van der Waals surface area contributed by atoms with E-state index in [2.05, 4.69) is 9.62 Å². The summed E-state index contributed by atoms with van der Waals surface area (Å²) in [5.41, 5.74) is 0. The van der Waals surface area contributed by atoms with Crippen LogP contribution in [0, 0.1) is 0 Å². The van der Waals surface area contributed by atoms with Crippen LogP contribution in [0.1, 0.15) is 18.6 Å². The number of piperidine rings is 1. The van der Waals surface area contributed by atoms with Gasteiger partial charge in [-0.05, 0) is 25.0 Å². The molecule has 2 heterocycles. The minimum absolute atomic E-state index is 0.0891. The van der Waals surface area contributed by atoms with E-state index in [1.54, 1.807) is 6.26 Å². The molecule has 6 heteroatoms. The van der Waals surface area contributed by atoms with Crippen molar-refractivity contribution in [2.75, 3.05) is 13.1 Å². The first-order valence-electron chi connectivity index (χ1n) is 5.34. The van der Waals surface area contributed by atoms with E-state index in [1.165, 1.54) is 0 Å². The lowest BCUT2D eigenvalue weighted by atomic mass is 10.1. The van der Waals surface area contributed by atoms with Crippen molar-refractivity contribution in [1.82, 2.24) is 9.62 Å². The van der Waals surface area contributed by atoms with Crippen LogP contribution in [0.5, 0.6) is 0 Å². The maximum Gasteiger partial charge on any atom is 0.117 e. The molecule has 0 radical (unpaired) electrons. The van der Waals surface area contributed by atoms with Crippen LogP contribution in [-0.4, -0.2) is 32.8 Å². The third-order valence-electron chi connectivity index (χ3n) is 2.81. The van der Waals surface area contributed by atoms with E-state index >= 15 is 0 Å². The van der Waals surface area contributed by atoms with Crippen molar-refractivity contribution < 1.29 is 13.2 Å². The molecule has 0 spiro atoms. The van der Waals surface area contributed by atoms with Crippen LogP contribution in [0.3, 0.4) is 0 Å². The van der Waals surface area contributed by atoms with E-state index in [9.17, 15) is 8.76 Å². The van der Waals surface area contributed by atoms with Gasteiger partial charge < -0.3 is 8.97 Å². The van der Waals surface area contributed by atoms with Crippen LogP contribution in [0.15, 0.2) is 22.8 Å². The first-order chi connectivity index (χ1) is 7.74. The Morgan fingerprint density at radius 1 is 1.56 bits per heavy atom. The van der Waals surface area contributed by atoms with Crippen LogP contribution in [0.2, 0.25) is 0 Å². The van der Waals surface area contributed by atoms with E-state index < -0.39 is 11.3 Å². The lowest BCUT2D eigenvalue weighted by Crippen LogP contribution is -2.42. The van der Waals surface area contributed by atoms with Crippen molar-refractivity contribution in [2.24, 2.45) is 0 Å². The number of hydrogen-bond acceptors (Lipinski definition) is 4. The van der Waals surface area contributed by atoms with Crippen LogP contribution in [0.25, 0.3) is 0 Å². The Kier molecular flexibility index (Phi) is 4.11. The molecule has 1 aromatic rings. The van der Waals surface area contributed by atoms with Crippen LogP contribution in [-0.2, 0) is 17.8 Å². The van der Waals surface area contributed by atoms with E-state index in [4.69, 9.17) is 4.42 Å². The number of likely N-dealkylation sites (tertiary alicyclic amines) is 1. The Morgan fingerprint density at radius 2 is 2.31 bits per heavy atom. The lowest BCUT2D eigenvalue weighted by Gasteiger charge is -2.32. The molecular formula is C10H15N2O3S-. The summed E-state index contributed by atoms with van der Waals surface area (Å²) in [6.45, 7) is 2.60. The van der Waals surface area contributed by atoms with Gasteiger partial charge in [-0.15, -0.1) is 0 Å². The highest BCUT2D eigenvalue weighted by Gasteiger charge is 2.19. The van der Waals surface area contributed by atoms with Crippen molar-refractivity contribution in [3.05, 3.63) is 24.2 Å². The van der Waals surface area contributed by atoms with E-state index in [-0.39, 0.29) is 6.04 Å². The van der Waals surface area contributed by atoms with Gasteiger partial charge in [0.25, 0.3) is 0 Å². The zero-order chi connectivity index (χ0) is 11.4. The molecule has 2 rings (SSSR count). The molecule has 1 N–H and O–H groups in total. The summed E-state index contributed by atoms with van der Waals surface area (Å²) < 4.78 is 28.7. The Hall–Kier alpha value is -0.690. The van der Waals surface area contributed by atoms with Crippen LogP contribution < -0.4 is 4.72 Å². The highest BCUT2D eigenvalue weighted by Crippen LogP contribution is 2.14. The van der Waals surface area contributed by atoms with Gasteiger partial charge in [-0.25, -0.2) is 4.72 Å². The summed E-state index contributed by atoms with van der Waals surface area (Å²) in [4.78, 5) is 2.27. The summed E-state index contributed by atoms with van der Waals surface area (Å²) in [5, 5.41) is 0. The summed E-state index contributed by atoms with van der Waals surface area (Å²) >= 11 is -2.14. The summed E-state index contributed by atoms with van der Waals surface area (Å²) in [5.74, 6) is 0.957.